The normalized spacial score (nSPS) is 11.3. The lowest BCUT2D eigenvalue weighted by Gasteiger charge is -2.06. The second kappa shape index (κ2) is 6.81. The molecule has 8 heteroatoms. The number of carbonyl (C=O) groups is 1. The van der Waals surface area contributed by atoms with Gasteiger partial charge in [0.1, 0.15) is 6.54 Å². The Balaban J connectivity index is 1.88. The van der Waals surface area contributed by atoms with Gasteiger partial charge in [-0.3, -0.25) is 4.79 Å². The number of anilines is 1. The maximum atomic E-state index is 11.8. The Hall–Kier alpha value is -1.74. The van der Waals surface area contributed by atoms with E-state index in [1.807, 2.05) is 22.8 Å². The third kappa shape index (κ3) is 4.94. The van der Waals surface area contributed by atoms with Gasteiger partial charge >= 0.3 is 0 Å². The largest absolute Gasteiger partial charge is 0.334 e. The highest BCUT2D eigenvalue weighted by molar-refractivity contribution is 7.89. The van der Waals surface area contributed by atoms with Crippen LogP contribution in [-0.2, 0) is 21.4 Å². The molecule has 1 aromatic carbocycles. The molecule has 21 heavy (non-hydrogen) atoms. The number of carbonyl (C=O) groups excluding carboxylic acids is 1. The molecule has 0 aliphatic rings. The van der Waals surface area contributed by atoms with Crippen LogP contribution >= 0.6 is 11.3 Å². The molecule has 0 aliphatic heterocycles. The van der Waals surface area contributed by atoms with Gasteiger partial charge < -0.3 is 10.6 Å². The fraction of sp³-hybridized carbons (Fsp3) is 0.154. The highest BCUT2D eigenvalue weighted by Crippen LogP contribution is 2.13. The minimum absolute atomic E-state index is 0.0251. The molecule has 1 heterocycles. The zero-order chi connectivity index (χ0) is 15.3. The number of hydrogen-bond acceptors (Lipinski definition) is 4. The third-order valence-corrected chi connectivity index (χ3v) is 4.51. The minimum atomic E-state index is -3.77. The first-order chi connectivity index (χ1) is 9.95. The van der Waals surface area contributed by atoms with Gasteiger partial charge in [-0.2, -0.15) is 0 Å². The Labute approximate surface area is 127 Å². The van der Waals surface area contributed by atoms with Crippen LogP contribution in [0.25, 0.3) is 0 Å². The van der Waals surface area contributed by atoms with E-state index in [4.69, 9.17) is 5.14 Å². The monoisotopic (exact) mass is 326 g/mol. The predicted octanol–water partition coefficient (Wildman–Crippen LogP) is 0.0976. The molecule has 0 aliphatic carbocycles. The maximum Gasteiger partial charge on any atom is 0.279 e. The second-order valence-corrected chi connectivity index (χ2v) is 6.99. The topological polar surface area (TPSA) is 106 Å². The predicted molar refractivity (Wildman–Crippen MR) is 81.3 cm³/mol. The Kier molecular flexibility index (Phi) is 5.07. The molecule has 0 fully saturated rings. The van der Waals surface area contributed by atoms with Crippen molar-refractivity contribution in [3.8, 4) is 0 Å². The van der Waals surface area contributed by atoms with Crippen LogP contribution in [0.4, 0.5) is 5.69 Å². The standard InChI is InChI=1S/C13H15N3O3S2/c14-21(18,19)12-5-1-3-10(7-12)16-13(17)9-15-8-11-4-2-6-20-11/h1-7,15H,8-9H2,(H,16,17)(H2,14,18,19)/p+1. The fourth-order valence-corrected chi connectivity index (χ4v) is 3.00. The summed E-state index contributed by atoms with van der Waals surface area (Å²) in [4.78, 5) is 13.0. The number of sulfonamides is 1. The average Bonchev–Trinajstić information content (AvgIpc) is 2.91. The number of thiophene rings is 1. The highest BCUT2D eigenvalue weighted by atomic mass is 32.2. The van der Waals surface area contributed by atoms with Crippen molar-refractivity contribution >= 4 is 33.0 Å². The number of benzene rings is 1. The molecular formula is C13H16N3O3S2+. The number of hydrogen-bond donors (Lipinski definition) is 3. The molecule has 0 bridgehead atoms. The number of nitrogens with two attached hydrogens (primary N) is 2. The molecule has 1 amide bonds. The molecule has 0 radical (unpaired) electrons. The average molecular weight is 326 g/mol. The number of amides is 1. The molecule has 0 unspecified atom stereocenters. The Morgan fingerprint density at radius 2 is 2.10 bits per heavy atom. The number of quaternary nitrogens is 1. The van der Waals surface area contributed by atoms with Crippen LogP contribution in [0.1, 0.15) is 4.88 Å². The van der Waals surface area contributed by atoms with E-state index in [0.29, 0.717) is 5.69 Å². The van der Waals surface area contributed by atoms with Gasteiger partial charge in [-0.25, -0.2) is 13.6 Å². The van der Waals surface area contributed by atoms with E-state index >= 15 is 0 Å². The summed E-state index contributed by atoms with van der Waals surface area (Å²) in [6.45, 7) is 1.000. The fourth-order valence-electron chi connectivity index (χ4n) is 1.74. The molecule has 0 saturated heterocycles. The van der Waals surface area contributed by atoms with Crippen molar-refractivity contribution in [1.82, 2.24) is 0 Å². The van der Waals surface area contributed by atoms with E-state index in [1.54, 1.807) is 17.4 Å². The summed E-state index contributed by atoms with van der Waals surface area (Å²) in [5, 5.41) is 11.6. The van der Waals surface area contributed by atoms with Gasteiger partial charge in [0.15, 0.2) is 6.54 Å². The van der Waals surface area contributed by atoms with Gasteiger partial charge in [0, 0.05) is 5.69 Å². The number of primary sulfonamides is 1. The molecule has 2 rings (SSSR count). The van der Waals surface area contributed by atoms with Gasteiger partial charge in [-0.15, -0.1) is 11.3 Å². The zero-order valence-electron chi connectivity index (χ0n) is 11.2. The van der Waals surface area contributed by atoms with E-state index in [1.165, 1.54) is 23.1 Å². The molecule has 112 valence electrons. The van der Waals surface area contributed by atoms with Crippen LogP contribution in [0.3, 0.4) is 0 Å². The van der Waals surface area contributed by atoms with Gasteiger partial charge in [0.05, 0.1) is 9.77 Å². The third-order valence-electron chi connectivity index (χ3n) is 2.70. The van der Waals surface area contributed by atoms with E-state index in [2.05, 4.69) is 5.32 Å². The molecule has 1 aromatic heterocycles. The smallest absolute Gasteiger partial charge is 0.279 e. The first kappa shape index (κ1) is 15.6. The Bertz CT molecular complexity index is 712. The molecule has 0 atom stereocenters. The molecule has 5 N–H and O–H groups in total. The van der Waals surface area contributed by atoms with Crippen LogP contribution in [0.5, 0.6) is 0 Å². The van der Waals surface area contributed by atoms with Crippen molar-refractivity contribution in [2.45, 2.75) is 11.4 Å². The van der Waals surface area contributed by atoms with Crippen LogP contribution < -0.4 is 15.8 Å². The van der Waals surface area contributed by atoms with Crippen LogP contribution in [0, 0.1) is 0 Å². The number of rotatable bonds is 6. The summed E-state index contributed by atoms with van der Waals surface area (Å²) in [5.41, 5.74) is 0.413. The van der Waals surface area contributed by atoms with Gasteiger partial charge in [0.25, 0.3) is 5.91 Å². The summed E-state index contributed by atoms with van der Waals surface area (Å²) in [7, 11) is -3.77. The van der Waals surface area contributed by atoms with Gasteiger partial charge in [-0.1, -0.05) is 12.1 Å². The van der Waals surface area contributed by atoms with Crippen molar-refractivity contribution in [2.24, 2.45) is 5.14 Å². The van der Waals surface area contributed by atoms with Crippen molar-refractivity contribution < 1.29 is 18.5 Å². The second-order valence-electron chi connectivity index (χ2n) is 4.40. The van der Waals surface area contributed by atoms with E-state index < -0.39 is 10.0 Å². The van der Waals surface area contributed by atoms with Crippen molar-refractivity contribution in [2.75, 3.05) is 11.9 Å². The Morgan fingerprint density at radius 3 is 2.76 bits per heavy atom. The highest BCUT2D eigenvalue weighted by Gasteiger charge is 2.10. The summed E-state index contributed by atoms with van der Waals surface area (Å²) in [5.74, 6) is -0.196. The first-order valence-electron chi connectivity index (χ1n) is 6.22. The summed E-state index contributed by atoms with van der Waals surface area (Å²) in [6.07, 6.45) is 0. The van der Waals surface area contributed by atoms with E-state index in [-0.39, 0.29) is 17.3 Å². The van der Waals surface area contributed by atoms with Gasteiger partial charge in [-0.05, 0) is 29.6 Å². The van der Waals surface area contributed by atoms with Crippen LogP contribution in [0.2, 0.25) is 0 Å². The first-order valence-corrected chi connectivity index (χ1v) is 8.64. The summed E-state index contributed by atoms with van der Waals surface area (Å²) in [6, 6.07) is 9.85. The lowest BCUT2D eigenvalue weighted by molar-refractivity contribution is -0.659. The van der Waals surface area contributed by atoms with Crippen molar-refractivity contribution in [1.29, 1.82) is 0 Å². The molecule has 2 aromatic rings. The zero-order valence-corrected chi connectivity index (χ0v) is 12.8. The maximum absolute atomic E-state index is 11.8. The van der Waals surface area contributed by atoms with E-state index in [9.17, 15) is 13.2 Å². The molecule has 6 nitrogen and oxygen atoms in total. The van der Waals surface area contributed by atoms with Crippen molar-refractivity contribution in [3.05, 3.63) is 46.7 Å². The number of nitrogens with one attached hydrogen (secondary N) is 1. The van der Waals surface area contributed by atoms with Crippen molar-refractivity contribution in [3.63, 3.8) is 0 Å². The van der Waals surface area contributed by atoms with E-state index in [0.717, 1.165) is 6.54 Å². The van der Waals surface area contributed by atoms with Gasteiger partial charge in [0.2, 0.25) is 10.0 Å². The molecule has 0 saturated carbocycles. The SMILES string of the molecule is NS(=O)(=O)c1cccc(NC(=O)C[NH2+]Cc2cccs2)c1. The quantitative estimate of drug-likeness (QED) is 0.701. The lowest BCUT2D eigenvalue weighted by atomic mass is 10.3. The van der Waals surface area contributed by atoms with Crippen LogP contribution in [0.15, 0.2) is 46.7 Å². The molecule has 0 spiro atoms. The molecular weight excluding hydrogens is 310 g/mol. The lowest BCUT2D eigenvalue weighted by Crippen LogP contribution is -2.84. The Morgan fingerprint density at radius 1 is 1.29 bits per heavy atom. The minimum Gasteiger partial charge on any atom is -0.334 e. The summed E-state index contributed by atoms with van der Waals surface area (Å²) >= 11 is 1.64. The van der Waals surface area contributed by atoms with Crippen LogP contribution in [-0.4, -0.2) is 20.9 Å². The summed E-state index contributed by atoms with van der Waals surface area (Å²) < 4.78 is 22.5.